The Balaban J connectivity index is 1.36. The second-order valence-electron chi connectivity index (χ2n) is 11.9. The first-order valence-corrected chi connectivity index (χ1v) is 17.9. The number of benzene rings is 7. The minimum absolute atomic E-state index is 0.639. The summed E-state index contributed by atoms with van der Waals surface area (Å²) in [5, 5.41) is 7.00. The summed E-state index contributed by atoms with van der Waals surface area (Å²) >= 11 is 0. The summed E-state index contributed by atoms with van der Waals surface area (Å²) in [6.07, 6.45) is 0. The van der Waals surface area contributed by atoms with Crippen LogP contribution >= 0.6 is 0 Å². The minimum atomic E-state index is -2.92. The molecule has 0 aliphatic heterocycles. The van der Waals surface area contributed by atoms with Crippen molar-refractivity contribution in [2.24, 2.45) is 0 Å². The Hall–Kier alpha value is -6.46. The van der Waals surface area contributed by atoms with Crippen molar-refractivity contribution >= 4 is 62.0 Å². The number of hydrogen-bond donors (Lipinski definition) is 0. The number of nitrogens with zero attached hydrogens (tertiary/aromatic N) is 3. The summed E-state index contributed by atoms with van der Waals surface area (Å²) in [7, 11) is -2.92. The van der Waals surface area contributed by atoms with Gasteiger partial charge >= 0.3 is 0 Å². The predicted molar refractivity (Wildman–Crippen MR) is 202 cm³/mol. The highest BCUT2D eigenvalue weighted by Gasteiger charge is 2.42. The van der Waals surface area contributed by atoms with Crippen LogP contribution in [0.15, 0.2) is 176 Å². The molecular formula is C44H29N3Si. The van der Waals surface area contributed by atoms with Crippen LogP contribution in [-0.2, 0) is 0 Å². The Morgan fingerprint density at radius 1 is 0.438 bits per heavy atom. The third kappa shape index (κ3) is 4.64. The molecule has 8 aromatic rings. The first-order valence-electron chi connectivity index (χ1n) is 15.9. The van der Waals surface area contributed by atoms with E-state index in [2.05, 4.69) is 166 Å². The Bertz CT molecular complexity index is 2500. The number of para-hydroxylation sites is 2. The summed E-state index contributed by atoms with van der Waals surface area (Å²) in [4.78, 5) is 7.76. The first-order chi connectivity index (χ1) is 23.7. The highest BCUT2D eigenvalue weighted by Crippen LogP contribution is 2.35. The molecular weight excluding hydrogens is 599 g/mol. The van der Waals surface area contributed by atoms with Crippen LogP contribution in [0.3, 0.4) is 0 Å². The van der Waals surface area contributed by atoms with Crippen molar-refractivity contribution in [2.75, 3.05) is 0 Å². The van der Waals surface area contributed by atoms with Crippen LogP contribution < -0.4 is 20.7 Å². The van der Waals surface area contributed by atoms with Crippen LogP contribution in [0.2, 0.25) is 0 Å². The molecule has 0 aliphatic rings. The largest absolute Gasteiger partial charge is 0.309 e. The van der Waals surface area contributed by atoms with Gasteiger partial charge in [0.25, 0.3) is 0 Å². The number of fused-ring (bicyclic) bond motifs is 3. The third-order valence-electron chi connectivity index (χ3n) is 9.36. The molecule has 0 aliphatic carbocycles. The van der Waals surface area contributed by atoms with Gasteiger partial charge in [0.2, 0.25) is 0 Å². The lowest BCUT2D eigenvalue weighted by Crippen LogP contribution is -2.74. The molecule has 7 aromatic carbocycles. The lowest BCUT2D eigenvalue weighted by atomic mass is 10.1. The molecule has 48 heavy (non-hydrogen) atoms. The van der Waals surface area contributed by atoms with Crippen LogP contribution in [0.5, 0.6) is 0 Å². The van der Waals surface area contributed by atoms with Gasteiger partial charge in [-0.1, -0.05) is 146 Å². The van der Waals surface area contributed by atoms with Gasteiger partial charge in [-0.05, 0) is 67.6 Å². The molecule has 8 rings (SSSR count). The molecule has 1 heterocycles. The summed E-state index contributed by atoms with van der Waals surface area (Å²) < 4.78 is 2.30. The minimum Gasteiger partial charge on any atom is -0.309 e. The van der Waals surface area contributed by atoms with E-state index in [0.29, 0.717) is 11.4 Å². The molecule has 0 amide bonds. The van der Waals surface area contributed by atoms with E-state index in [1.165, 1.54) is 15.6 Å². The molecule has 0 saturated heterocycles. The quantitative estimate of drug-likeness (QED) is 0.0993. The van der Waals surface area contributed by atoms with Gasteiger partial charge in [0.15, 0.2) is 19.4 Å². The zero-order chi connectivity index (χ0) is 32.5. The molecule has 4 heteroatoms. The Kier molecular flexibility index (Phi) is 7.27. The number of rotatable bonds is 6. The SMILES string of the molecule is [C-]#[N+]c1ccc2c(c1)c1ccccc1n2-c1cccc(-c2cccc([Si](c3ccccc3)(c3ccccc3)c3ccccc3[N+]#[C-])c2)c1. The Morgan fingerprint density at radius 3 is 1.77 bits per heavy atom. The second kappa shape index (κ2) is 12.0. The van der Waals surface area contributed by atoms with Gasteiger partial charge in [0.05, 0.1) is 24.2 Å². The summed E-state index contributed by atoms with van der Waals surface area (Å²) in [6, 6.07) is 61.7. The molecule has 224 valence electrons. The van der Waals surface area contributed by atoms with Crippen LogP contribution in [0.25, 0.3) is 48.3 Å². The third-order valence-corrected chi connectivity index (χ3v) is 14.2. The average molecular weight is 628 g/mol. The summed E-state index contributed by atoms with van der Waals surface area (Å²) in [5.74, 6) is 0. The predicted octanol–water partition coefficient (Wildman–Crippen LogP) is 8.93. The molecule has 0 bridgehead atoms. The number of aromatic nitrogens is 1. The summed E-state index contributed by atoms with van der Waals surface area (Å²) in [5.41, 5.74) is 6.81. The van der Waals surface area contributed by atoms with Crippen LogP contribution in [0, 0.1) is 13.1 Å². The van der Waals surface area contributed by atoms with E-state index in [1.807, 2.05) is 24.3 Å². The fourth-order valence-corrected chi connectivity index (χ4v) is 12.2. The van der Waals surface area contributed by atoms with Gasteiger partial charge in [-0.2, -0.15) is 0 Å². The van der Waals surface area contributed by atoms with E-state index in [1.54, 1.807) is 0 Å². The molecule has 1 aromatic heterocycles. The van der Waals surface area contributed by atoms with Crippen molar-refractivity contribution in [3.63, 3.8) is 0 Å². The van der Waals surface area contributed by atoms with Gasteiger partial charge < -0.3 is 4.57 Å². The maximum atomic E-state index is 8.19. The lowest BCUT2D eigenvalue weighted by Gasteiger charge is -2.35. The maximum Gasteiger partial charge on any atom is 0.188 e. The normalized spacial score (nSPS) is 11.3. The monoisotopic (exact) mass is 627 g/mol. The van der Waals surface area contributed by atoms with E-state index in [-0.39, 0.29) is 0 Å². The molecule has 0 unspecified atom stereocenters. The van der Waals surface area contributed by atoms with E-state index >= 15 is 0 Å². The van der Waals surface area contributed by atoms with E-state index in [9.17, 15) is 0 Å². The van der Waals surface area contributed by atoms with E-state index < -0.39 is 8.07 Å². The zero-order valence-electron chi connectivity index (χ0n) is 26.1. The van der Waals surface area contributed by atoms with E-state index in [4.69, 9.17) is 13.1 Å². The van der Waals surface area contributed by atoms with E-state index in [0.717, 1.165) is 43.8 Å². The van der Waals surface area contributed by atoms with Crippen molar-refractivity contribution in [2.45, 2.75) is 0 Å². The summed E-state index contributed by atoms with van der Waals surface area (Å²) in [6.45, 7) is 15.8. The Labute approximate surface area is 281 Å². The molecule has 3 nitrogen and oxygen atoms in total. The maximum absolute atomic E-state index is 8.19. The molecule has 0 N–H and O–H groups in total. The van der Waals surface area contributed by atoms with Gasteiger partial charge in [-0.3, -0.25) is 0 Å². The topological polar surface area (TPSA) is 13.6 Å². The lowest BCUT2D eigenvalue weighted by molar-refractivity contribution is 1.18. The van der Waals surface area contributed by atoms with Crippen molar-refractivity contribution in [1.29, 1.82) is 0 Å². The molecule has 0 saturated carbocycles. The molecule has 0 atom stereocenters. The first kappa shape index (κ1) is 29.0. The van der Waals surface area contributed by atoms with Gasteiger partial charge in [-0.25, -0.2) is 9.69 Å². The van der Waals surface area contributed by atoms with Gasteiger partial charge in [0.1, 0.15) is 0 Å². The zero-order valence-corrected chi connectivity index (χ0v) is 27.1. The van der Waals surface area contributed by atoms with Crippen molar-refractivity contribution < 1.29 is 0 Å². The van der Waals surface area contributed by atoms with Crippen molar-refractivity contribution in [3.05, 3.63) is 199 Å². The Morgan fingerprint density at radius 2 is 1.04 bits per heavy atom. The average Bonchev–Trinajstić information content (AvgIpc) is 3.50. The van der Waals surface area contributed by atoms with Gasteiger partial charge in [-0.15, -0.1) is 0 Å². The highest BCUT2D eigenvalue weighted by atomic mass is 28.3. The van der Waals surface area contributed by atoms with Crippen molar-refractivity contribution in [3.8, 4) is 16.8 Å². The molecule has 0 radical (unpaired) electrons. The highest BCUT2D eigenvalue weighted by molar-refractivity contribution is 7.20. The van der Waals surface area contributed by atoms with Crippen LogP contribution in [0.1, 0.15) is 0 Å². The van der Waals surface area contributed by atoms with Crippen LogP contribution in [-0.4, -0.2) is 12.6 Å². The van der Waals surface area contributed by atoms with Crippen LogP contribution in [0.4, 0.5) is 11.4 Å². The molecule has 0 spiro atoms. The fourth-order valence-electron chi connectivity index (χ4n) is 7.30. The fraction of sp³-hybridized carbons (Fsp3) is 0. The number of hydrogen-bond acceptors (Lipinski definition) is 0. The van der Waals surface area contributed by atoms with Gasteiger partial charge in [0, 0.05) is 11.1 Å². The van der Waals surface area contributed by atoms with Crippen molar-refractivity contribution in [1.82, 2.24) is 4.57 Å². The molecule has 0 fully saturated rings. The standard InChI is InChI=1S/C44H29N3Si/c1-45-34-27-28-43-40(31-34)39-23-9-11-25-42(39)47(43)35-17-13-15-32(29-35)33-16-14-22-38(30-33)48(36-18-5-3-6-19-36,37-20-7-4-8-21-37)44-26-12-10-24-41(44)46-2/h3-31H. The second-order valence-corrected chi connectivity index (χ2v) is 15.7. The smallest absolute Gasteiger partial charge is 0.188 e.